The Hall–Kier alpha value is -3.02. The van der Waals surface area contributed by atoms with Gasteiger partial charge in [0.25, 0.3) is 0 Å². The molecule has 0 spiro atoms. The smallest absolute Gasteiger partial charge is 0.149 e. The number of rotatable bonds is 4. The molecule has 1 aromatic heterocycles. The van der Waals surface area contributed by atoms with Crippen LogP contribution in [-0.2, 0) is 0 Å². The molecular weight excluding hydrogens is 310 g/mol. The maximum atomic E-state index is 13.7. The summed E-state index contributed by atoms with van der Waals surface area (Å²) >= 11 is 0. The van der Waals surface area contributed by atoms with Crippen LogP contribution in [0.25, 0.3) is 0 Å². The van der Waals surface area contributed by atoms with Crippen LogP contribution < -0.4 is 10.6 Å². The molecule has 0 aliphatic carbocycles. The summed E-state index contributed by atoms with van der Waals surface area (Å²) in [6.45, 7) is 4.01. The standard InChI is InChI=1S/C18H16F2N4/c1-11-4-3-5-12(2)18(11)24-17-9-16(21-10-22-17)23-15-7-6-13(19)8-14(15)20/h3-10H,1-2H3,(H2,21,22,23,24). The van der Waals surface area contributed by atoms with Gasteiger partial charge in [-0.25, -0.2) is 18.7 Å². The summed E-state index contributed by atoms with van der Waals surface area (Å²) in [5.41, 5.74) is 3.30. The van der Waals surface area contributed by atoms with Crippen molar-refractivity contribution in [1.82, 2.24) is 9.97 Å². The van der Waals surface area contributed by atoms with E-state index in [0.717, 1.165) is 22.9 Å². The molecule has 0 bridgehead atoms. The SMILES string of the molecule is Cc1cccc(C)c1Nc1cc(Nc2ccc(F)cc2F)ncn1. The lowest BCUT2D eigenvalue weighted by atomic mass is 10.1. The van der Waals surface area contributed by atoms with Gasteiger partial charge in [0, 0.05) is 17.8 Å². The van der Waals surface area contributed by atoms with Crippen molar-refractivity contribution in [1.29, 1.82) is 0 Å². The van der Waals surface area contributed by atoms with Crippen LogP contribution in [0, 0.1) is 25.5 Å². The molecule has 2 aromatic carbocycles. The van der Waals surface area contributed by atoms with E-state index in [4.69, 9.17) is 0 Å². The van der Waals surface area contributed by atoms with Crippen molar-refractivity contribution in [2.45, 2.75) is 13.8 Å². The van der Waals surface area contributed by atoms with Crippen LogP contribution in [0.2, 0.25) is 0 Å². The number of nitrogens with zero attached hydrogens (tertiary/aromatic N) is 2. The fourth-order valence-electron chi connectivity index (χ4n) is 2.36. The third kappa shape index (κ3) is 3.48. The predicted octanol–water partition coefficient (Wildman–Crippen LogP) is 4.86. The number of para-hydroxylation sites is 1. The number of aromatic nitrogens is 2. The highest BCUT2D eigenvalue weighted by Crippen LogP contribution is 2.25. The van der Waals surface area contributed by atoms with Crippen molar-refractivity contribution in [3.05, 3.63) is 71.6 Å². The average Bonchev–Trinajstić information content (AvgIpc) is 2.54. The molecule has 6 heteroatoms. The predicted molar refractivity (Wildman–Crippen MR) is 90.9 cm³/mol. The van der Waals surface area contributed by atoms with E-state index in [1.165, 1.54) is 18.5 Å². The normalized spacial score (nSPS) is 10.5. The number of aryl methyl sites for hydroxylation is 2. The molecule has 0 saturated heterocycles. The number of hydrogen-bond donors (Lipinski definition) is 2. The lowest BCUT2D eigenvalue weighted by Gasteiger charge is -2.13. The van der Waals surface area contributed by atoms with Gasteiger partial charge in [-0.1, -0.05) is 18.2 Å². The van der Waals surface area contributed by atoms with Crippen LogP contribution in [0.1, 0.15) is 11.1 Å². The fraction of sp³-hybridized carbons (Fsp3) is 0.111. The number of anilines is 4. The van der Waals surface area contributed by atoms with Crippen LogP contribution in [0.3, 0.4) is 0 Å². The molecular formula is C18H16F2N4. The van der Waals surface area contributed by atoms with Gasteiger partial charge in [0.05, 0.1) is 5.69 Å². The van der Waals surface area contributed by atoms with Crippen molar-refractivity contribution in [2.24, 2.45) is 0 Å². The Morgan fingerprint density at radius 2 is 1.50 bits per heavy atom. The summed E-state index contributed by atoms with van der Waals surface area (Å²) < 4.78 is 26.7. The van der Waals surface area contributed by atoms with Crippen molar-refractivity contribution in [2.75, 3.05) is 10.6 Å². The third-order valence-corrected chi connectivity index (χ3v) is 3.60. The van der Waals surface area contributed by atoms with Crippen LogP contribution in [0.4, 0.5) is 31.8 Å². The van der Waals surface area contributed by atoms with E-state index in [2.05, 4.69) is 20.6 Å². The summed E-state index contributed by atoms with van der Waals surface area (Å²) in [7, 11) is 0. The molecule has 0 fully saturated rings. The van der Waals surface area contributed by atoms with Crippen molar-refractivity contribution >= 4 is 23.0 Å². The minimum absolute atomic E-state index is 0.146. The zero-order chi connectivity index (χ0) is 17.1. The Kier molecular flexibility index (Phi) is 4.37. The Morgan fingerprint density at radius 1 is 0.833 bits per heavy atom. The van der Waals surface area contributed by atoms with Crippen molar-refractivity contribution in [3.63, 3.8) is 0 Å². The largest absolute Gasteiger partial charge is 0.340 e. The number of hydrogen-bond acceptors (Lipinski definition) is 4. The second kappa shape index (κ2) is 6.62. The van der Waals surface area contributed by atoms with E-state index in [1.54, 1.807) is 6.07 Å². The molecule has 1 heterocycles. The highest BCUT2D eigenvalue weighted by Gasteiger charge is 2.07. The summed E-state index contributed by atoms with van der Waals surface area (Å²) in [6, 6.07) is 11.0. The van der Waals surface area contributed by atoms with E-state index in [0.29, 0.717) is 11.6 Å². The molecule has 0 aliphatic rings. The number of halogens is 2. The molecule has 24 heavy (non-hydrogen) atoms. The molecule has 3 rings (SSSR count). The topological polar surface area (TPSA) is 49.8 Å². The average molecular weight is 326 g/mol. The van der Waals surface area contributed by atoms with Crippen LogP contribution in [0.15, 0.2) is 48.8 Å². The zero-order valence-electron chi connectivity index (χ0n) is 13.3. The molecule has 122 valence electrons. The maximum Gasteiger partial charge on any atom is 0.149 e. The monoisotopic (exact) mass is 326 g/mol. The molecule has 0 radical (unpaired) electrons. The van der Waals surface area contributed by atoms with Gasteiger partial charge in [-0.2, -0.15) is 0 Å². The maximum absolute atomic E-state index is 13.7. The quantitative estimate of drug-likeness (QED) is 0.719. The Labute approximate surface area is 138 Å². The molecule has 0 saturated carbocycles. The van der Waals surface area contributed by atoms with Crippen molar-refractivity contribution in [3.8, 4) is 0 Å². The van der Waals surface area contributed by atoms with E-state index >= 15 is 0 Å². The Morgan fingerprint density at radius 3 is 2.17 bits per heavy atom. The van der Waals surface area contributed by atoms with E-state index in [9.17, 15) is 8.78 Å². The molecule has 3 aromatic rings. The van der Waals surface area contributed by atoms with Gasteiger partial charge >= 0.3 is 0 Å². The lowest BCUT2D eigenvalue weighted by Crippen LogP contribution is -2.01. The van der Waals surface area contributed by atoms with Gasteiger partial charge in [-0.05, 0) is 37.1 Å². The lowest BCUT2D eigenvalue weighted by molar-refractivity contribution is 0.586. The second-order valence-corrected chi connectivity index (χ2v) is 5.43. The first-order valence-corrected chi connectivity index (χ1v) is 7.40. The van der Waals surface area contributed by atoms with Gasteiger partial charge < -0.3 is 10.6 Å². The molecule has 0 atom stereocenters. The van der Waals surface area contributed by atoms with Crippen LogP contribution in [0.5, 0.6) is 0 Å². The van der Waals surface area contributed by atoms with Gasteiger partial charge in [-0.3, -0.25) is 0 Å². The summed E-state index contributed by atoms with van der Waals surface area (Å²) in [5, 5.41) is 6.07. The number of benzene rings is 2. The van der Waals surface area contributed by atoms with Gasteiger partial charge in [0.2, 0.25) is 0 Å². The number of nitrogens with one attached hydrogen (secondary N) is 2. The van der Waals surface area contributed by atoms with Crippen LogP contribution in [-0.4, -0.2) is 9.97 Å². The fourth-order valence-corrected chi connectivity index (χ4v) is 2.36. The Balaban J connectivity index is 1.84. The van der Waals surface area contributed by atoms with E-state index < -0.39 is 11.6 Å². The zero-order valence-corrected chi connectivity index (χ0v) is 13.3. The second-order valence-electron chi connectivity index (χ2n) is 5.43. The minimum Gasteiger partial charge on any atom is -0.340 e. The highest BCUT2D eigenvalue weighted by molar-refractivity contribution is 5.67. The summed E-state index contributed by atoms with van der Waals surface area (Å²) in [4.78, 5) is 8.24. The minimum atomic E-state index is -0.683. The first-order chi connectivity index (χ1) is 11.5. The Bertz CT molecular complexity index is 860. The molecule has 0 amide bonds. The summed E-state index contributed by atoms with van der Waals surface area (Å²) in [6.07, 6.45) is 1.37. The molecule has 4 nitrogen and oxygen atoms in total. The van der Waals surface area contributed by atoms with Crippen molar-refractivity contribution < 1.29 is 8.78 Å². The first-order valence-electron chi connectivity index (χ1n) is 7.40. The highest BCUT2D eigenvalue weighted by atomic mass is 19.1. The van der Waals surface area contributed by atoms with E-state index in [-0.39, 0.29) is 5.69 Å². The van der Waals surface area contributed by atoms with Gasteiger partial charge in [-0.15, -0.1) is 0 Å². The first kappa shape index (κ1) is 15.9. The third-order valence-electron chi connectivity index (χ3n) is 3.60. The van der Waals surface area contributed by atoms with E-state index in [1.807, 2.05) is 32.0 Å². The molecule has 0 aliphatic heterocycles. The molecule has 2 N–H and O–H groups in total. The van der Waals surface area contributed by atoms with Gasteiger partial charge in [0.15, 0.2) is 0 Å². The molecule has 0 unspecified atom stereocenters. The van der Waals surface area contributed by atoms with Gasteiger partial charge in [0.1, 0.15) is 29.6 Å². The van der Waals surface area contributed by atoms with Crippen LogP contribution >= 0.6 is 0 Å². The summed E-state index contributed by atoms with van der Waals surface area (Å²) in [5.74, 6) is -0.326.